The molecule has 1 amide bonds. The highest BCUT2D eigenvalue weighted by molar-refractivity contribution is 5.90. The molecular weight excluding hydrogens is 348 g/mol. The fourth-order valence-electron chi connectivity index (χ4n) is 2.74. The Balaban J connectivity index is 1.91. The molecule has 1 aromatic heterocycles. The summed E-state index contributed by atoms with van der Waals surface area (Å²) in [7, 11) is 6.54. The molecule has 0 fully saturated rings. The fraction of sp³-hybridized carbons (Fsp3) is 0.400. The lowest BCUT2D eigenvalue weighted by molar-refractivity contribution is -0.131. The van der Waals surface area contributed by atoms with E-state index in [0.29, 0.717) is 30.2 Å². The molecule has 0 unspecified atom stereocenters. The molecule has 2 aromatic rings. The average molecular weight is 374 g/mol. The van der Waals surface area contributed by atoms with E-state index in [0.717, 1.165) is 11.3 Å². The third-order valence-corrected chi connectivity index (χ3v) is 4.18. The Morgan fingerprint density at radius 3 is 2.52 bits per heavy atom. The smallest absolute Gasteiger partial charge is 0.341 e. The van der Waals surface area contributed by atoms with Gasteiger partial charge >= 0.3 is 5.97 Å². The molecule has 2 rings (SSSR count). The van der Waals surface area contributed by atoms with Crippen molar-refractivity contribution in [2.45, 2.75) is 20.0 Å². The van der Waals surface area contributed by atoms with Gasteiger partial charge in [0, 0.05) is 13.6 Å². The first-order chi connectivity index (χ1) is 12.8. The molecule has 0 aliphatic rings. The van der Waals surface area contributed by atoms with Gasteiger partial charge < -0.3 is 18.8 Å². The third kappa shape index (κ3) is 5.59. The van der Waals surface area contributed by atoms with Crippen LogP contribution in [0.3, 0.4) is 0 Å². The van der Waals surface area contributed by atoms with Crippen LogP contribution in [0.5, 0.6) is 5.75 Å². The number of likely N-dealkylation sites (N-methyl/N-ethyl adjacent to an activating group) is 2. The van der Waals surface area contributed by atoms with Gasteiger partial charge in [-0.1, -0.05) is 12.1 Å². The van der Waals surface area contributed by atoms with Gasteiger partial charge in [-0.25, -0.2) is 4.79 Å². The fourth-order valence-corrected chi connectivity index (χ4v) is 2.74. The van der Waals surface area contributed by atoms with Gasteiger partial charge in [0.15, 0.2) is 0 Å². The molecular formula is C20H26N2O5. The third-order valence-electron chi connectivity index (χ3n) is 4.18. The van der Waals surface area contributed by atoms with Crippen molar-refractivity contribution in [1.29, 1.82) is 0 Å². The van der Waals surface area contributed by atoms with Crippen LogP contribution in [0, 0.1) is 6.92 Å². The van der Waals surface area contributed by atoms with Gasteiger partial charge in [0.05, 0.1) is 27.3 Å². The molecule has 0 saturated carbocycles. The normalized spacial score (nSPS) is 10.7. The summed E-state index contributed by atoms with van der Waals surface area (Å²) in [5.74, 6) is 1.43. The number of hydrogen-bond acceptors (Lipinski definition) is 6. The lowest BCUT2D eigenvalue weighted by atomic mass is 10.2. The molecule has 0 aliphatic carbocycles. The Hall–Kier alpha value is -2.80. The van der Waals surface area contributed by atoms with Gasteiger partial charge in [0.25, 0.3) is 0 Å². The standard InChI is InChI=1S/C20H26N2O5/c1-14-18(20(24)26-5)10-17(27-14)12-21(2)13-19(23)22(3)11-15-7-6-8-16(9-15)25-4/h6-10H,11-13H2,1-5H3. The summed E-state index contributed by atoms with van der Waals surface area (Å²) < 4.78 is 15.5. The van der Waals surface area contributed by atoms with Gasteiger partial charge in [0.1, 0.15) is 22.8 Å². The van der Waals surface area contributed by atoms with Crippen molar-refractivity contribution in [2.75, 3.05) is 34.9 Å². The highest BCUT2D eigenvalue weighted by atomic mass is 16.5. The quantitative estimate of drug-likeness (QED) is 0.661. The molecule has 1 heterocycles. The molecule has 146 valence electrons. The van der Waals surface area contributed by atoms with Gasteiger partial charge in [-0.2, -0.15) is 0 Å². The van der Waals surface area contributed by atoms with Crippen LogP contribution in [0.1, 0.15) is 27.4 Å². The van der Waals surface area contributed by atoms with E-state index in [4.69, 9.17) is 13.9 Å². The van der Waals surface area contributed by atoms with E-state index >= 15 is 0 Å². The maximum atomic E-state index is 12.5. The molecule has 7 heteroatoms. The number of rotatable bonds is 8. The predicted molar refractivity (Wildman–Crippen MR) is 101 cm³/mol. The largest absolute Gasteiger partial charge is 0.497 e. The maximum absolute atomic E-state index is 12.5. The van der Waals surface area contributed by atoms with Crippen LogP contribution in [0.4, 0.5) is 0 Å². The van der Waals surface area contributed by atoms with Crippen LogP contribution < -0.4 is 4.74 Å². The van der Waals surface area contributed by atoms with Gasteiger partial charge in [0.2, 0.25) is 5.91 Å². The number of ether oxygens (including phenoxy) is 2. The van der Waals surface area contributed by atoms with Crippen LogP contribution in [0.25, 0.3) is 0 Å². The van der Waals surface area contributed by atoms with Crippen LogP contribution in [-0.2, 0) is 22.6 Å². The molecule has 1 aromatic carbocycles. The zero-order chi connectivity index (χ0) is 20.0. The van der Waals surface area contributed by atoms with E-state index in [1.54, 1.807) is 32.0 Å². The summed E-state index contributed by atoms with van der Waals surface area (Å²) in [6.07, 6.45) is 0. The molecule has 0 bridgehead atoms. The van der Waals surface area contributed by atoms with Crippen molar-refractivity contribution in [1.82, 2.24) is 9.80 Å². The summed E-state index contributed by atoms with van der Waals surface area (Å²) in [6.45, 7) is 2.85. The maximum Gasteiger partial charge on any atom is 0.341 e. The Kier molecular flexibility index (Phi) is 7.01. The minimum Gasteiger partial charge on any atom is -0.497 e. The Labute approximate surface area is 159 Å². The minimum absolute atomic E-state index is 0.0169. The first-order valence-electron chi connectivity index (χ1n) is 8.57. The second-order valence-electron chi connectivity index (χ2n) is 6.45. The van der Waals surface area contributed by atoms with Crippen LogP contribution in [0.15, 0.2) is 34.7 Å². The lowest BCUT2D eigenvalue weighted by Gasteiger charge is -2.21. The van der Waals surface area contributed by atoms with Crippen LogP contribution in [0.2, 0.25) is 0 Å². The van der Waals surface area contributed by atoms with Crippen molar-refractivity contribution in [2.24, 2.45) is 0 Å². The molecule has 27 heavy (non-hydrogen) atoms. The SMILES string of the molecule is COC(=O)c1cc(CN(C)CC(=O)N(C)Cc2cccc(OC)c2)oc1C. The number of aryl methyl sites for hydroxylation is 1. The number of nitrogens with zero attached hydrogens (tertiary/aromatic N) is 2. The molecule has 0 radical (unpaired) electrons. The first kappa shape index (κ1) is 20.5. The van der Waals surface area contributed by atoms with E-state index in [1.165, 1.54) is 7.11 Å². The molecule has 0 spiro atoms. The molecule has 0 saturated heterocycles. The Morgan fingerprint density at radius 2 is 1.85 bits per heavy atom. The molecule has 7 nitrogen and oxygen atoms in total. The van der Waals surface area contributed by atoms with Gasteiger partial charge in [-0.15, -0.1) is 0 Å². The summed E-state index contributed by atoms with van der Waals surface area (Å²) in [5, 5.41) is 0. The number of amides is 1. The van der Waals surface area contributed by atoms with E-state index in [2.05, 4.69) is 0 Å². The summed E-state index contributed by atoms with van der Waals surface area (Å²) in [4.78, 5) is 27.6. The highest BCUT2D eigenvalue weighted by Crippen LogP contribution is 2.17. The van der Waals surface area contributed by atoms with Gasteiger partial charge in [-0.3, -0.25) is 9.69 Å². The number of benzene rings is 1. The number of carbonyl (C=O) groups is 2. The van der Waals surface area contributed by atoms with Crippen LogP contribution in [-0.4, -0.2) is 56.5 Å². The number of furan rings is 1. The molecule has 0 N–H and O–H groups in total. The Bertz CT molecular complexity index is 799. The van der Waals surface area contributed by atoms with Crippen molar-refractivity contribution in [3.05, 3.63) is 53.0 Å². The Morgan fingerprint density at radius 1 is 1.11 bits per heavy atom. The predicted octanol–water partition coefficient (Wildman–Crippen LogP) is 2.47. The number of methoxy groups -OCH3 is 2. The van der Waals surface area contributed by atoms with Crippen molar-refractivity contribution in [3.63, 3.8) is 0 Å². The first-order valence-corrected chi connectivity index (χ1v) is 8.57. The summed E-state index contributed by atoms with van der Waals surface area (Å²) in [6, 6.07) is 9.29. The number of carbonyl (C=O) groups excluding carboxylic acids is 2. The van der Waals surface area contributed by atoms with Crippen molar-refractivity contribution >= 4 is 11.9 Å². The molecule has 0 atom stereocenters. The second-order valence-corrected chi connectivity index (χ2v) is 6.45. The zero-order valence-electron chi connectivity index (χ0n) is 16.4. The lowest BCUT2D eigenvalue weighted by Crippen LogP contribution is -2.36. The molecule has 0 aliphatic heterocycles. The van der Waals surface area contributed by atoms with Gasteiger partial charge in [-0.05, 0) is 37.7 Å². The second kappa shape index (κ2) is 9.23. The van der Waals surface area contributed by atoms with E-state index < -0.39 is 5.97 Å². The number of hydrogen-bond donors (Lipinski definition) is 0. The average Bonchev–Trinajstić information content (AvgIpc) is 3.00. The van der Waals surface area contributed by atoms with Crippen molar-refractivity contribution < 1.29 is 23.5 Å². The minimum atomic E-state index is -0.431. The monoisotopic (exact) mass is 374 g/mol. The van der Waals surface area contributed by atoms with E-state index in [9.17, 15) is 9.59 Å². The van der Waals surface area contributed by atoms with Crippen LogP contribution >= 0.6 is 0 Å². The topological polar surface area (TPSA) is 72.2 Å². The number of esters is 1. The highest BCUT2D eigenvalue weighted by Gasteiger charge is 2.18. The van der Waals surface area contributed by atoms with Crippen molar-refractivity contribution in [3.8, 4) is 5.75 Å². The summed E-state index contributed by atoms with van der Waals surface area (Å²) in [5.41, 5.74) is 1.40. The summed E-state index contributed by atoms with van der Waals surface area (Å²) >= 11 is 0. The van der Waals surface area contributed by atoms with E-state index in [1.807, 2.05) is 36.2 Å². The van der Waals surface area contributed by atoms with E-state index in [-0.39, 0.29) is 12.5 Å². The zero-order valence-corrected chi connectivity index (χ0v) is 16.4.